The summed E-state index contributed by atoms with van der Waals surface area (Å²) in [4.78, 5) is 14.5. The molecule has 7 nitrogen and oxygen atoms in total. The molecule has 1 saturated carbocycles. The minimum Gasteiger partial charge on any atom is -0.375 e. The number of nitrogens with two attached hydrogens (primary N) is 1. The van der Waals surface area contributed by atoms with Crippen molar-refractivity contribution in [1.82, 2.24) is 20.2 Å². The Kier molecular flexibility index (Phi) is 14.5. The van der Waals surface area contributed by atoms with Crippen LogP contribution in [-0.2, 0) is 6.42 Å². The van der Waals surface area contributed by atoms with Gasteiger partial charge in [0.1, 0.15) is 0 Å². The zero-order valence-electron chi connectivity index (χ0n) is 27.4. The Balaban J connectivity index is 0.00000113. The van der Waals surface area contributed by atoms with Gasteiger partial charge in [0.2, 0.25) is 0 Å². The largest absolute Gasteiger partial charge is 0.375 e. The number of hydrogen-bond donors (Lipinski definition) is 3. The summed E-state index contributed by atoms with van der Waals surface area (Å²) < 4.78 is 2.51. The fourth-order valence-corrected chi connectivity index (χ4v) is 4.74. The molecule has 0 bridgehead atoms. The topological polar surface area (TPSA) is 78.6 Å². The van der Waals surface area contributed by atoms with Crippen LogP contribution in [0, 0.1) is 5.92 Å². The van der Waals surface area contributed by atoms with Crippen molar-refractivity contribution in [2.24, 2.45) is 11.8 Å². The van der Waals surface area contributed by atoms with Crippen LogP contribution < -0.4 is 21.4 Å². The van der Waals surface area contributed by atoms with Crippen LogP contribution in [0.2, 0.25) is 0 Å². The molecule has 0 unspecified atom stereocenters. The van der Waals surface area contributed by atoms with E-state index in [1.165, 1.54) is 53.5 Å². The molecular formula is C35H56N6O. The Morgan fingerprint density at radius 1 is 1.21 bits per heavy atom. The first-order valence-corrected chi connectivity index (χ1v) is 15.6. The number of carbonyl (C=O) groups excluding carboxylic acids is 1. The molecule has 0 saturated heterocycles. The molecule has 1 aliphatic carbocycles. The van der Waals surface area contributed by atoms with Crippen molar-refractivity contribution in [2.75, 3.05) is 25.5 Å². The number of benzene rings is 1. The lowest BCUT2D eigenvalue weighted by Gasteiger charge is -2.30. The van der Waals surface area contributed by atoms with Crippen LogP contribution in [0.1, 0.15) is 90.9 Å². The lowest BCUT2D eigenvalue weighted by molar-refractivity contribution is 0.241. The van der Waals surface area contributed by atoms with Gasteiger partial charge >= 0.3 is 6.03 Å². The summed E-state index contributed by atoms with van der Waals surface area (Å²) in [5, 5.41) is 8.72. The molecule has 2 aromatic rings. The summed E-state index contributed by atoms with van der Waals surface area (Å²) in [6, 6.07) is 7.24. The van der Waals surface area contributed by atoms with Gasteiger partial charge in [-0.15, -0.1) is 0 Å². The molecule has 3 rings (SSSR count). The number of amides is 2. The monoisotopic (exact) mass is 576 g/mol. The molecule has 1 fully saturated rings. The lowest BCUT2D eigenvalue weighted by Crippen LogP contribution is -2.38. The lowest BCUT2D eigenvalue weighted by atomic mass is 9.92. The fraction of sp³-hybridized carbons (Fsp3) is 0.514. The summed E-state index contributed by atoms with van der Waals surface area (Å²) in [5.41, 5.74) is 5.74. The van der Waals surface area contributed by atoms with E-state index in [0.717, 1.165) is 31.0 Å². The van der Waals surface area contributed by atoms with E-state index in [4.69, 9.17) is 5.84 Å². The van der Waals surface area contributed by atoms with Crippen molar-refractivity contribution in [3.05, 3.63) is 72.2 Å². The average Bonchev–Trinajstić information content (AvgIpc) is 3.20. The second-order valence-electron chi connectivity index (χ2n) is 12.0. The van der Waals surface area contributed by atoms with Crippen LogP contribution in [0.25, 0.3) is 17.0 Å². The third-order valence-corrected chi connectivity index (χ3v) is 7.45. The highest BCUT2D eigenvalue weighted by Crippen LogP contribution is 2.42. The maximum atomic E-state index is 12.2. The highest BCUT2D eigenvalue weighted by molar-refractivity contribution is 5.99. The molecule has 42 heavy (non-hydrogen) atoms. The van der Waals surface area contributed by atoms with Crippen LogP contribution in [-0.4, -0.2) is 42.3 Å². The third kappa shape index (κ3) is 10.4. The van der Waals surface area contributed by atoms with E-state index in [-0.39, 0.29) is 12.1 Å². The molecule has 4 N–H and O–H groups in total. The number of rotatable bonds is 13. The van der Waals surface area contributed by atoms with E-state index in [1.54, 1.807) is 11.2 Å². The standard InChI is InChI=1S/C30H44N6O.C5H12/c1-7-12-24(33-30(37)32-22(3)4)14-9-17-28-29(34(5)6)26-21-23(13-11-20-35(31)8-2)18-19-27(26)36(28)25-15-10-16-25;1-4-5(2)3/h7-9,12,14,17-19,21-22,25H,2,10-11,13,15-16,20,31H2,1,3-6H3,(H2,32,33,37);5H,4H2,1-3H3/b12-7-,17-9+,24-14+;. The number of hydrogen-bond acceptors (Lipinski definition) is 4. The van der Waals surface area contributed by atoms with Crippen molar-refractivity contribution in [3.63, 3.8) is 0 Å². The predicted octanol–water partition coefficient (Wildman–Crippen LogP) is 7.92. The van der Waals surface area contributed by atoms with Gasteiger partial charge in [0, 0.05) is 50.0 Å². The Morgan fingerprint density at radius 2 is 1.90 bits per heavy atom. The van der Waals surface area contributed by atoms with Gasteiger partial charge in [-0.25, -0.2) is 10.6 Å². The van der Waals surface area contributed by atoms with Crippen molar-refractivity contribution in [2.45, 2.75) is 92.2 Å². The Bertz CT molecular complexity index is 1230. The highest BCUT2D eigenvalue weighted by Gasteiger charge is 2.26. The highest BCUT2D eigenvalue weighted by atomic mass is 16.2. The molecule has 0 atom stereocenters. The van der Waals surface area contributed by atoms with Crippen LogP contribution >= 0.6 is 0 Å². The number of nitrogens with zero attached hydrogens (tertiary/aromatic N) is 3. The van der Waals surface area contributed by atoms with E-state index in [0.29, 0.717) is 6.04 Å². The minimum atomic E-state index is -0.205. The van der Waals surface area contributed by atoms with Crippen LogP contribution in [0.3, 0.4) is 0 Å². The summed E-state index contributed by atoms with van der Waals surface area (Å²) in [5.74, 6) is 6.75. The van der Waals surface area contributed by atoms with Gasteiger partial charge in [-0.3, -0.25) is 0 Å². The number of hydrazine groups is 1. The second kappa shape index (κ2) is 17.5. The molecule has 1 heterocycles. The van der Waals surface area contributed by atoms with Gasteiger partial charge in [-0.2, -0.15) is 0 Å². The van der Waals surface area contributed by atoms with E-state index in [2.05, 4.69) is 85.8 Å². The molecule has 1 aliphatic rings. The maximum Gasteiger partial charge on any atom is 0.319 e. The quantitative estimate of drug-likeness (QED) is 0.129. The molecule has 7 heteroatoms. The van der Waals surface area contributed by atoms with Crippen molar-refractivity contribution < 1.29 is 4.79 Å². The van der Waals surface area contributed by atoms with E-state index in [1.807, 2.05) is 45.1 Å². The first kappa shape index (κ1) is 34.7. The number of carbonyl (C=O) groups is 1. The van der Waals surface area contributed by atoms with Gasteiger partial charge in [-0.1, -0.05) is 52.0 Å². The molecular weight excluding hydrogens is 520 g/mol. The number of fused-ring (bicyclic) bond motifs is 1. The molecule has 232 valence electrons. The smallest absolute Gasteiger partial charge is 0.319 e. The minimum absolute atomic E-state index is 0.0735. The molecule has 0 spiro atoms. The fourth-order valence-electron chi connectivity index (χ4n) is 4.74. The molecule has 0 aliphatic heterocycles. The summed E-state index contributed by atoms with van der Waals surface area (Å²) >= 11 is 0. The normalized spacial score (nSPS) is 13.9. The number of aromatic nitrogens is 1. The first-order valence-electron chi connectivity index (χ1n) is 15.6. The van der Waals surface area contributed by atoms with Crippen LogP contribution in [0.5, 0.6) is 0 Å². The zero-order valence-corrected chi connectivity index (χ0v) is 27.4. The summed E-state index contributed by atoms with van der Waals surface area (Å²) in [6.07, 6.45) is 18.5. The van der Waals surface area contributed by atoms with Gasteiger partial charge < -0.3 is 25.1 Å². The Morgan fingerprint density at radius 3 is 2.43 bits per heavy atom. The van der Waals surface area contributed by atoms with E-state index >= 15 is 0 Å². The first-order chi connectivity index (χ1) is 20.0. The Hall–Kier alpha value is -3.45. The van der Waals surface area contributed by atoms with Crippen LogP contribution in [0.15, 0.2) is 61.0 Å². The van der Waals surface area contributed by atoms with Crippen molar-refractivity contribution >= 4 is 28.7 Å². The molecule has 1 aromatic carbocycles. The van der Waals surface area contributed by atoms with Gasteiger partial charge in [0.15, 0.2) is 0 Å². The third-order valence-electron chi connectivity index (χ3n) is 7.45. The van der Waals surface area contributed by atoms with Crippen molar-refractivity contribution in [3.8, 4) is 0 Å². The number of allylic oxidation sites excluding steroid dienone is 4. The zero-order chi connectivity index (χ0) is 31.2. The predicted molar refractivity (Wildman–Crippen MR) is 182 cm³/mol. The van der Waals surface area contributed by atoms with Gasteiger partial charge in [0.25, 0.3) is 0 Å². The van der Waals surface area contributed by atoms with E-state index in [9.17, 15) is 4.79 Å². The average molecular weight is 577 g/mol. The Labute approximate surface area is 255 Å². The van der Waals surface area contributed by atoms with Gasteiger partial charge in [0.05, 0.1) is 16.9 Å². The SMILES string of the molecule is C=CN(N)CCCc1ccc2c(c1)c(N(C)C)c(/C=C/C=C(\C=C/C)NC(=O)NC(C)C)n2C1CCC1.CCC(C)C. The number of nitrogens with one attached hydrogen (secondary N) is 2. The van der Waals surface area contributed by atoms with E-state index < -0.39 is 0 Å². The maximum absolute atomic E-state index is 12.2. The number of anilines is 1. The summed E-state index contributed by atoms with van der Waals surface area (Å²) in [6.45, 7) is 17.0. The molecule has 1 aromatic heterocycles. The molecule has 0 radical (unpaired) electrons. The van der Waals surface area contributed by atoms with Crippen molar-refractivity contribution in [1.29, 1.82) is 0 Å². The van der Waals surface area contributed by atoms with Gasteiger partial charge in [-0.05, 0) is 94.7 Å². The second-order valence-corrected chi connectivity index (χ2v) is 12.0. The number of aryl methyl sites for hydroxylation is 1. The molecule has 2 amide bonds. The van der Waals surface area contributed by atoms with Crippen LogP contribution in [0.4, 0.5) is 10.5 Å². The summed E-state index contributed by atoms with van der Waals surface area (Å²) in [7, 11) is 4.22. The number of urea groups is 1.